The first-order chi connectivity index (χ1) is 8.49. The van der Waals surface area contributed by atoms with Gasteiger partial charge in [-0.05, 0) is 6.92 Å². The molecule has 2 rings (SSSR count). The molecule has 0 saturated heterocycles. The molecule has 0 saturated carbocycles. The minimum atomic E-state index is -0.411. The molecular formula is C12H13N3O3. The number of nitro groups is 1. The second kappa shape index (κ2) is 4.56. The maximum atomic E-state index is 11.2. The van der Waals surface area contributed by atoms with Crippen LogP contribution in [0.25, 0.3) is 0 Å². The van der Waals surface area contributed by atoms with Gasteiger partial charge in [-0.3, -0.25) is 14.9 Å². The third-order valence-corrected chi connectivity index (χ3v) is 2.96. The van der Waals surface area contributed by atoms with E-state index in [1.165, 1.54) is 6.07 Å². The van der Waals surface area contributed by atoms with E-state index in [2.05, 4.69) is 10.5 Å². The number of carbonyl (C=O) groups is 1. The van der Waals surface area contributed by atoms with Gasteiger partial charge in [-0.2, -0.15) is 5.10 Å². The van der Waals surface area contributed by atoms with Gasteiger partial charge < -0.3 is 0 Å². The van der Waals surface area contributed by atoms with Crippen molar-refractivity contribution in [1.82, 2.24) is 5.43 Å². The lowest BCUT2D eigenvalue weighted by Crippen LogP contribution is -2.31. The van der Waals surface area contributed by atoms with E-state index in [1.54, 1.807) is 19.1 Å². The summed E-state index contributed by atoms with van der Waals surface area (Å²) in [5.74, 6) is -0.172. The average molecular weight is 247 g/mol. The number of amides is 1. The van der Waals surface area contributed by atoms with E-state index in [-0.39, 0.29) is 17.5 Å². The maximum absolute atomic E-state index is 11.2. The van der Waals surface area contributed by atoms with Crippen molar-refractivity contribution >= 4 is 17.3 Å². The van der Waals surface area contributed by atoms with E-state index in [9.17, 15) is 14.9 Å². The van der Waals surface area contributed by atoms with E-state index < -0.39 is 4.92 Å². The molecule has 1 heterocycles. The first kappa shape index (κ1) is 12.2. The molecule has 18 heavy (non-hydrogen) atoms. The summed E-state index contributed by atoms with van der Waals surface area (Å²) >= 11 is 0. The number of hydrogen-bond acceptors (Lipinski definition) is 4. The summed E-state index contributed by atoms with van der Waals surface area (Å²) in [5.41, 5.74) is 4.44. The van der Waals surface area contributed by atoms with Gasteiger partial charge in [0.25, 0.3) is 5.69 Å². The van der Waals surface area contributed by atoms with Gasteiger partial charge in [0.05, 0.1) is 10.6 Å². The number of hydrogen-bond donors (Lipinski definition) is 1. The van der Waals surface area contributed by atoms with Crippen molar-refractivity contribution in [3.05, 3.63) is 39.4 Å². The van der Waals surface area contributed by atoms with Crippen LogP contribution in [0, 0.1) is 23.0 Å². The maximum Gasteiger partial charge on any atom is 0.272 e. The second-order valence-corrected chi connectivity index (χ2v) is 4.40. The van der Waals surface area contributed by atoms with Crippen LogP contribution in [0.4, 0.5) is 5.69 Å². The molecule has 0 radical (unpaired) electrons. The number of hydrazone groups is 1. The summed E-state index contributed by atoms with van der Waals surface area (Å²) in [6.45, 7) is 3.57. The van der Waals surface area contributed by atoms with Crippen LogP contribution in [0.15, 0.2) is 23.3 Å². The average Bonchev–Trinajstić information content (AvgIpc) is 2.30. The van der Waals surface area contributed by atoms with Gasteiger partial charge >= 0.3 is 0 Å². The number of rotatable bonds is 2. The van der Waals surface area contributed by atoms with Crippen molar-refractivity contribution in [3.63, 3.8) is 0 Å². The lowest BCUT2D eigenvalue weighted by molar-refractivity contribution is -0.385. The third-order valence-electron chi connectivity index (χ3n) is 2.96. The Labute approximate surface area is 104 Å². The zero-order valence-corrected chi connectivity index (χ0v) is 10.1. The first-order valence-corrected chi connectivity index (χ1v) is 5.61. The van der Waals surface area contributed by atoms with Gasteiger partial charge in [-0.15, -0.1) is 0 Å². The number of carbonyl (C=O) groups excluding carboxylic acids is 1. The number of nitro benzene ring substituents is 1. The van der Waals surface area contributed by atoms with E-state index in [4.69, 9.17) is 0 Å². The summed E-state index contributed by atoms with van der Waals surface area (Å²) < 4.78 is 0. The van der Waals surface area contributed by atoms with Gasteiger partial charge in [0.15, 0.2) is 0 Å². The van der Waals surface area contributed by atoms with Crippen LogP contribution in [0.5, 0.6) is 0 Å². The van der Waals surface area contributed by atoms with Crippen LogP contribution in [0.1, 0.15) is 24.5 Å². The fourth-order valence-corrected chi connectivity index (χ4v) is 1.97. The fraction of sp³-hybridized carbons (Fsp3) is 0.333. The molecule has 6 heteroatoms. The predicted molar refractivity (Wildman–Crippen MR) is 66.3 cm³/mol. The van der Waals surface area contributed by atoms with Crippen LogP contribution in [0.3, 0.4) is 0 Å². The molecule has 1 aromatic carbocycles. The molecule has 1 atom stereocenters. The van der Waals surface area contributed by atoms with Crippen molar-refractivity contribution in [2.75, 3.05) is 0 Å². The number of benzene rings is 1. The Morgan fingerprint density at radius 2 is 2.22 bits per heavy atom. The van der Waals surface area contributed by atoms with Crippen LogP contribution < -0.4 is 5.43 Å². The molecule has 1 aliphatic rings. The molecule has 0 bridgehead atoms. The Morgan fingerprint density at radius 3 is 2.83 bits per heavy atom. The second-order valence-electron chi connectivity index (χ2n) is 4.40. The SMILES string of the molecule is Cc1ccc(C2=NNC(=O)CC2C)cc1[N+](=O)[O-]. The molecule has 1 aromatic rings. The van der Waals surface area contributed by atoms with Gasteiger partial charge in [0, 0.05) is 29.5 Å². The summed E-state index contributed by atoms with van der Waals surface area (Å²) in [5, 5.41) is 14.9. The minimum absolute atomic E-state index is 0.0407. The van der Waals surface area contributed by atoms with E-state index in [0.29, 0.717) is 23.3 Å². The van der Waals surface area contributed by atoms with Crippen molar-refractivity contribution in [1.29, 1.82) is 0 Å². The van der Waals surface area contributed by atoms with E-state index in [0.717, 1.165) is 0 Å². The van der Waals surface area contributed by atoms with Gasteiger partial charge in [-0.1, -0.05) is 19.1 Å². The Kier molecular flexibility index (Phi) is 3.10. The van der Waals surface area contributed by atoms with Crippen molar-refractivity contribution in [2.45, 2.75) is 20.3 Å². The Balaban J connectivity index is 2.43. The smallest absolute Gasteiger partial charge is 0.272 e. The molecule has 1 unspecified atom stereocenters. The van der Waals surface area contributed by atoms with Crippen LogP contribution >= 0.6 is 0 Å². The molecule has 1 aliphatic heterocycles. The van der Waals surface area contributed by atoms with E-state index in [1.807, 2.05) is 6.92 Å². The molecule has 1 N–H and O–H groups in total. The largest absolute Gasteiger partial charge is 0.273 e. The van der Waals surface area contributed by atoms with Gasteiger partial charge in [0.1, 0.15) is 0 Å². The Bertz CT molecular complexity index is 551. The standard InChI is InChI=1S/C12H13N3O3/c1-7-3-4-9(6-10(7)15(17)18)12-8(2)5-11(16)13-14-12/h3-4,6,8H,5H2,1-2H3,(H,13,16). The van der Waals surface area contributed by atoms with Crippen LogP contribution in [-0.2, 0) is 4.79 Å². The zero-order chi connectivity index (χ0) is 13.3. The third kappa shape index (κ3) is 2.22. The van der Waals surface area contributed by atoms with Gasteiger partial charge in [-0.25, -0.2) is 5.43 Å². The van der Waals surface area contributed by atoms with Crippen molar-refractivity contribution in [3.8, 4) is 0 Å². The summed E-state index contributed by atoms with van der Waals surface area (Å²) in [6.07, 6.45) is 0.348. The normalized spacial score (nSPS) is 19.1. The molecule has 0 fully saturated rings. The lowest BCUT2D eigenvalue weighted by atomic mass is 9.93. The molecule has 6 nitrogen and oxygen atoms in total. The quantitative estimate of drug-likeness (QED) is 0.638. The monoisotopic (exact) mass is 247 g/mol. The number of nitrogens with zero attached hydrogens (tertiary/aromatic N) is 2. The minimum Gasteiger partial charge on any atom is -0.273 e. The molecule has 0 aliphatic carbocycles. The van der Waals surface area contributed by atoms with Crippen LogP contribution in [-0.4, -0.2) is 16.5 Å². The summed E-state index contributed by atoms with van der Waals surface area (Å²) in [6, 6.07) is 4.98. The highest BCUT2D eigenvalue weighted by Gasteiger charge is 2.23. The molecule has 94 valence electrons. The predicted octanol–water partition coefficient (Wildman–Crippen LogP) is 1.76. The molecule has 1 amide bonds. The molecule has 0 aromatic heterocycles. The molecular weight excluding hydrogens is 234 g/mol. The van der Waals surface area contributed by atoms with E-state index >= 15 is 0 Å². The Hall–Kier alpha value is -2.24. The van der Waals surface area contributed by atoms with Gasteiger partial charge in [0.2, 0.25) is 5.91 Å². The number of nitrogens with one attached hydrogen (secondary N) is 1. The number of aryl methyl sites for hydroxylation is 1. The topological polar surface area (TPSA) is 84.6 Å². The summed E-state index contributed by atoms with van der Waals surface area (Å²) in [7, 11) is 0. The fourth-order valence-electron chi connectivity index (χ4n) is 1.97. The summed E-state index contributed by atoms with van der Waals surface area (Å²) in [4.78, 5) is 21.6. The Morgan fingerprint density at radius 1 is 1.50 bits per heavy atom. The highest BCUT2D eigenvalue weighted by Crippen LogP contribution is 2.23. The van der Waals surface area contributed by atoms with Crippen molar-refractivity contribution < 1.29 is 9.72 Å². The molecule has 0 spiro atoms. The highest BCUT2D eigenvalue weighted by atomic mass is 16.6. The van der Waals surface area contributed by atoms with Crippen molar-refractivity contribution in [2.24, 2.45) is 11.0 Å². The lowest BCUT2D eigenvalue weighted by Gasteiger charge is -2.19. The first-order valence-electron chi connectivity index (χ1n) is 5.61. The highest BCUT2D eigenvalue weighted by molar-refractivity contribution is 6.06. The van der Waals surface area contributed by atoms with Crippen LogP contribution in [0.2, 0.25) is 0 Å². The zero-order valence-electron chi connectivity index (χ0n) is 10.1.